The molecule has 6 atom stereocenters. The first kappa shape index (κ1) is 18.4. The Balaban J connectivity index is 1.23. The van der Waals surface area contributed by atoms with E-state index in [1.807, 2.05) is 12.1 Å². The van der Waals surface area contributed by atoms with Crippen molar-refractivity contribution in [3.05, 3.63) is 66.2 Å². The zero-order valence-corrected chi connectivity index (χ0v) is 17.0. The zero-order chi connectivity index (χ0) is 21.3. The Morgan fingerprint density at radius 1 is 0.935 bits per heavy atom. The average molecular weight is 414 g/mol. The van der Waals surface area contributed by atoms with E-state index in [4.69, 9.17) is 4.74 Å². The highest BCUT2D eigenvalue weighted by Crippen LogP contribution is 2.65. The number of hydrogen-bond acceptors (Lipinski definition) is 4. The van der Waals surface area contributed by atoms with Gasteiger partial charge in [-0.25, -0.2) is 0 Å². The smallest absolute Gasteiger partial charge is 0.255 e. The zero-order valence-electron chi connectivity index (χ0n) is 17.0. The standard InChI is InChI=1S/C25H22N2O4/c1-31-20-5-3-2-4-19(20)26-23(28)13-6-8-14(9-7-13)27-24(29)21-15-10-11-16(18-12-17(15)18)22(21)25(27)30/h2-11,15-18,21-22H,12H2,1H3,(H,26,28)/t15-,16-,17-,18+,21-,22+/m0/s1. The van der Waals surface area contributed by atoms with Crippen molar-refractivity contribution < 1.29 is 19.1 Å². The summed E-state index contributed by atoms with van der Waals surface area (Å²) in [5.74, 6) is 1.22. The van der Waals surface area contributed by atoms with E-state index in [1.54, 1.807) is 43.5 Å². The van der Waals surface area contributed by atoms with Gasteiger partial charge in [0, 0.05) is 5.56 Å². The van der Waals surface area contributed by atoms with Crippen LogP contribution < -0.4 is 15.0 Å². The van der Waals surface area contributed by atoms with E-state index in [9.17, 15) is 14.4 Å². The molecule has 0 spiro atoms. The van der Waals surface area contributed by atoms with E-state index in [0.717, 1.165) is 6.42 Å². The lowest BCUT2D eigenvalue weighted by Gasteiger charge is -2.37. The molecule has 6 heteroatoms. The summed E-state index contributed by atoms with van der Waals surface area (Å²) in [6.45, 7) is 0. The minimum Gasteiger partial charge on any atom is -0.495 e. The summed E-state index contributed by atoms with van der Waals surface area (Å²) >= 11 is 0. The Morgan fingerprint density at radius 2 is 1.55 bits per heavy atom. The molecule has 3 fully saturated rings. The molecule has 3 amide bonds. The first-order chi connectivity index (χ1) is 15.1. The molecule has 6 nitrogen and oxygen atoms in total. The van der Waals surface area contributed by atoms with E-state index < -0.39 is 0 Å². The molecule has 31 heavy (non-hydrogen) atoms. The van der Waals surface area contributed by atoms with Gasteiger partial charge in [0.15, 0.2) is 0 Å². The van der Waals surface area contributed by atoms with Crippen molar-refractivity contribution in [2.75, 3.05) is 17.3 Å². The van der Waals surface area contributed by atoms with Crippen molar-refractivity contribution in [3.63, 3.8) is 0 Å². The number of methoxy groups -OCH3 is 1. The van der Waals surface area contributed by atoms with Crippen LogP contribution in [0.2, 0.25) is 0 Å². The van der Waals surface area contributed by atoms with E-state index >= 15 is 0 Å². The summed E-state index contributed by atoms with van der Waals surface area (Å²) in [5.41, 5.74) is 1.55. The number of benzene rings is 2. The van der Waals surface area contributed by atoms with E-state index in [-0.39, 0.29) is 41.4 Å². The Hall–Kier alpha value is -3.41. The first-order valence-electron chi connectivity index (χ1n) is 10.7. The van der Waals surface area contributed by atoms with Gasteiger partial charge in [-0.2, -0.15) is 0 Å². The number of ether oxygens (including phenoxy) is 1. The van der Waals surface area contributed by atoms with Crippen molar-refractivity contribution in [1.29, 1.82) is 0 Å². The van der Waals surface area contributed by atoms with Crippen LogP contribution in [-0.2, 0) is 9.59 Å². The lowest BCUT2D eigenvalue weighted by atomic mass is 9.63. The van der Waals surface area contributed by atoms with Crippen molar-refractivity contribution in [2.45, 2.75) is 6.42 Å². The lowest BCUT2D eigenvalue weighted by molar-refractivity contribution is -0.124. The molecule has 7 rings (SSSR count). The fourth-order valence-electron chi connectivity index (χ4n) is 5.92. The molecule has 0 unspecified atom stereocenters. The maximum Gasteiger partial charge on any atom is 0.255 e. The summed E-state index contributed by atoms with van der Waals surface area (Å²) in [4.78, 5) is 40.4. The Morgan fingerprint density at radius 3 is 2.16 bits per heavy atom. The quantitative estimate of drug-likeness (QED) is 0.614. The van der Waals surface area contributed by atoms with E-state index in [0.29, 0.717) is 34.5 Å². The molecule has 1 saturated heterocycles. The molecule has 4 aliphatic carbocycles. The van der Waals surface area contributed by atoms with Crippen molar-refractivity contribution in [2.24, 2.45) is 35.5 Å². The third kappa shape index (κ3) is 2.60. The highest BCUT2D eigenvalue weighted by atomic mass is 16.5. The summed E-state index contributed by atoms with van der Waals surface area (Å²) in [5, 5.41) is 2.83. The van der Waals surface area contributed by atoms with Gasteiger partial charge in [-0.1, -0.05) is 24.3 Å². The maximum atomic E-state index is 13.2. The van der Waals surface area contributed by atoms with Gasteiger partial charge < -0.3 is 10.1 Å². The highest BCUT2D eigenvalue weighted by molar-refractivity contribution is 6.22. The predicted octanol–water partition coefficient (Wildman–Crippen LogP) is 3.51. The molecule has 156 valence electrons. The third-order valence-electron chi connectivity index (χ3n) is 7.41. The van der Waals surface area contributed by atoms with Crippen LogP contribution in [0.4, 0.5) is 11.4 Å². The Kier molecular flexibility index (Phi) is 3.88. The third-order valence-corrected chi connectivity index (χ3v) is 7.41. The fourth-order valence-corrected chi connectivity index (χ4v) is 5.92. The van der Waals surface area contributed by atoms with Crippen molar-refractivity contribution in [3.8, 4) is 5.75 Å². The monoisotopic (exact) mass is 414 g/mol. The highest BCUT2D eigenvalue weighted by Gasteiger charge is 2.67. The normalized spacial score (nSPS) is 32.0. The number of imide groups is 1. The molecule has 2 saturated carbocycles. The minimum atomic E-state index is -0.286. The van der Waals surface area contributed by atoms with Crippen LogP contribution in [-0.4, -0.2) is 24.8 Å². The number of nitrogens with one attached hydrogen (secondary N) is 1. The Labute approximate surface area is 179 Å². The van der Waals surface area contributed by atoms with Crippen LogP contribution in [0.5, 0.6) is 5.75 Å². The second-order valence-corrected chi connectivity index (χ2v) is 8.87. The van der Waals surface area contributed by atoms with Gasteiger partial charge in [0.05, 0.1) is 30.3 Å². The molecule has 2 aromatic rings. The van der Waals surface area contributed by atoms with Crippen molar-refractivity contribution in [1.82, 2.24) is 0 Å². The topological polar surface area (TPSA) is 75.7 Å². The number of carbonyl (C=O) groups is 3. The summed E-state index contributed by atoms with van der Waals surface area (Å²) in [6.07, 6.45) is 5.48. The van der Waals surface area contributed by atoms with Gasteiger partial charge in [-0.05, 0) is 66.5 Å². The van der Waals surface area contributed by atoms with E-state index in [1.165, 1.54) is 4.90 Å². The average Bonchev–Trinajstić information content (AvgIpc) is 3.58. The number of hydrogen-bond donors (Lipinski definition) is 1. The molecule has 2 aromatic carbocycles. The number of rotatable bonds is 4. The number of anilines is 2. The first-order valence-corrected chi connectivity index (χ1v) is 10.7. The largest absolute Gasteiger partial charge is 0.495 e. The molecular formula is C25H22N2O4. The van der Waals surface area contributed by atoms with Gasteiger partial charge in [-0.3, -0.25) is 19.3 Å². The van der Waals surface area contributed by atoms with Crippen LogP contribution in [0.25, 0.3) is 0 Å². The number of amides is 3. The molecule has 1 heterocycles. The second kappa shape index (κ2) is 6.54. The number of allylic oxidation sites excluding steroid dienone is 2. The van der Waals surface area contributed by atoms with Gasteiger partial charge in [0.25, 0.3) is 5.91 Å². The molecule has 1 aliphatic heterocycles. The molecule has 2 bridgehead atoms. The lowest BCUT2D eigenvalue weighted by Crippen LogP contribution is -2.40. The predicted molar refractivity (Wildman–Crippen MR) is 115 cm³/mol. The summed E-state index contributed by atoms with van der Waals surface area (Å²) in [7, 11) is 1.55. The summed E-state index contributed by atoms with van der Waals surface area (Å²) in [6, 6.07) is 13.8. The molecular weight excluding hydrogens is 392 g/mol. The van der Waals surface area contributed by atoms with Gasteiger partial charge >= 0.3 is 0 Å². The molecule has 0 radical (unpaired) electrons. The van der Waals surface area contributed by atoms with Crippen LogP contribution in [0.15, 0.2) is 60.7 Å². The maximum absolute atomic E-state index is 13.2. The van der Waals surface area contributed by atoms with Crippen LogP contribution in [0, 0.1) is 35.5 Å². The number of para-hydroxylation sites is 2. The molecule has 1 N–H and O–H groups in total. The van der Waals surface area contributed by atoms with Crippen LogP contribution in [0.1, 0.15) is 16.8 Å². The number of nitrogens with zero attached hydrogens (tertiary/aromatic N) is 1. The fraction of sp³-hybridized carbons (Fsp3) is 0.320. The summed E-state index contributed by atoms with van der Waals surface area (Å²) < 4.78 is 5.27. The molecule has 5 aliphatic rings. The number of carbonyl (C=O) groups excluding carboxylic acids is 3. The van der Waals surface area contributed by atoms with Gasteiger partial charge in [-0.15, -0.1) is 0 Å². The second-order valence-electron chi connectivity index (χ2n) is 8.87. The SMILES string of the molecule is COc1ccccc1NC(=O)c1ccc(N2C(=O)[C@@H]3[C@H]4C=C[C@@H]([C@@H]5C[C@H]45)[C@@H]3C2=O)cc1. The van der Waals surface area contributed by atoms with Crippen molar-refractivity contribution >= 4 is 29.1 Å². The van der Waals surface area contributed by atoms with Crippen LogP contribution in [0.3, 0.4) is 0 Å². The minimum absolute atomic E-state index is 0.0917. The van der Waals surface area contributed by atoms with Crippen LogP contribution >= 0.6 is 0 Å². The Bertz CT molecular complexity index is 1100. The van der Waals surface area contributed by atoms with Gasteiger partial charge in [0.2, 0.25) is 11.8 Å². The van der Waals surface area contributed by atoms with Gasteiger partial charge in [0.1, 0.15) is 5.75 Å². The molecule has 0 aromatic heterocycles. The van der Waals surface area contributed by atoms with E-state index in [2.05, 4.69) is 17.5 Å².